The van der Waals surface area contributed by atoms with E-state index in [4.69, 9.17) is 19.9 Å². The number of nitrogens with two attached hydrogens (primary N) is 1. The summed E-state index contributed by atoms with van der Waals surface area (Å²) in [5.41, 5.74) is 5.83. The molecule has 0 saturated heterocycles. The smallest absolute Gasteiger partial charge is 0.404 e. The van der Waals surface area contributed by atoms with Gasteiger partial charge in [-0.15, -0.1) is 0 Å². The second kappa shape index (κ2) is 9.31. The Kier molecular flexibility index (Phi) is 7.71. The predicted octanol–water partition coefficient (Wildman–Crippen LogP) is 3.14. The molecule has 0 spiro atoms. The molecule has 1 aromatic rings. The van der Waals surface area contributed by atoms with Crippen LogP contribution in [0, 0.1) is 5.82 Å². The number of methoxy groups -OCH3 is 1. The van der Waals surface area contributed by atoms with Crippen molar-refractivity contribution in [3.05, 3.63) is 35.6 Å². The summed E-state index contributed by atoms with van der Waals surface area (Å²) in [4.78, 5) is 11.1. The fourth-order valence-corrected chi connectivity index (χ4v) is 2.04. The molecule has 0 aliphatic carbocycles. The quantitative estimate of drug-likeness (QED) is 0.711. The zero-order valence-electron chi connectivity index (χ0n) is 12.4. The second-order valence-corrected chi connectivity index (χ2v) is 4.66. The minimum atomic E-state index is -0.857. The lowest BCUT2D eigenvalue weighted by molar-refractivity contribution is -0.117. The summed E-state index contributed by atoms with van der Waals surface area (Å²) in [5.74, 6) is -0.342. The molecule has 0 aromatic heterocycles. The highest BCUT2D eigenvalue weighted by Gasteiger charge is 2.27. The first-order valence-electron chi connectivity index (χ1n) is 6.90. The second-order valence-electron chi connectivity index (χ2n) is 4.66. The van der Waals surface area contributed by atoms with Gasteiger partial charge in [-0.2, -0.15) is 0 Å². The van der Waals surface area contributed by atoms with Gasteiger partial charge in [-0.25, -0.2) is 9.18 Å². The van der Waals surface area contributed by atoms with E-state index in [1.54, 1.807) is 12.1 Å². The van der Waals surface area contributed by atoms with Crippen molar-refractivity contribution in [2.75, 3.05) is 13.9 Å². The predicted molar refractivity (Wildman–Crippen MR) is 76.1 cm³/mol. The Morgan fingerprint density at radius 3 is 2.52 bits per heavy atom. The van der Waals surface area contributed by atoms with Crippen molar-refractivity contribution in [3.8, 4) is 0 Å². The van der Waals surface area contributed by atoms with Crippen LogP contribution < -0.4 is 5.73 Å². The molecule has 21 heavy (non-hydrogen) atoms. The van der Waals surface area contributed by atoms with Crippen LogP contribution in [-0.4, -0.2) is 26.1 Å². The van der Waals surface area contributed by atoms with E-state index < -0.39 is 18.3 Å². The number of carbonyl (C=O) groups excluding carboxylic acids is 1. The fourth-order valence-electron chi connectivity index (χ4n) is 2.04. The number of halogens is 1. The number of ether oxygens (including phenoxy) is 3. The van der Waals surface area contributed by atoms with E-state index in [9.17, 15) is 9.18 Å². The molecule has 0 aliphatic heterocycles. The molecule has 1 aromatic carbocycles. The molecule has 118 valence electrons. The SMILES string of the molecule is CCCC[C@H](OC(N)=O)[C@@H](OCOC)c1ccc(F)cc1. The molecule has 5 nitrogen and oxygen atoms in total. The summed E-state index contributed by atoms with van der Waals surface area (Å²) in [7, 11) is 1.50. The summed E-state index contributed by atoms with van der Waals surface area (Å²) < 4.78 is 28.7. The van der Waals surface area contributed by atoms with Gasteiger partial charge in [-0.3, -0.25) is 0 Å². The minimum Gasteiger partial charge on any atom is -0.443 e. The van der Waals surface area contributed by atoms with E-state index in [1.165, 1.54) is 19.2 Å². The van der Waals surface area contributed by atoms with Crippen LogP contribution >= 0.6 is 0 Å². The molecule has 2 N–H and O–H groups in total. The summed E-state index contributed by atoms with van der Waals surface area (Å²) in [6.45, 7) is 2.07. The Morgan fingerprint density at radius 2 is 2.00 bits per heavy atom. The topological polar surface area (TPSA) is 70.8 Å². The van der Waals surface area contributed by atoms with Gasteiger partial charge in [-0.1, -0.05) is 25.5 Å². The Hall–Kier alpha value is -1.66. The van der Waals surface area contributed by atoms with Crippen LogP contribution in [-0.2, 0) is 14.2 Å². The summed E-state index contributed by atoms with van der Waals surface area (Å²) in [5, 5.41) is 0. The zero-order chi connectivity index (χ0) is 15.7. The maximum Gasteiger partial charge on any atom is 0.404 e. The van der Waals surface area contributed by atoms with Gasteiger partial charge in [0.2, 0.25) is 0 Å². The Balaban J connectivity index is 2.93. The highest BCUT2D eigenvalue weighted by molar-refractivity contribution is 5.64. The lowest BCUT2D eigenvalue weighted by Crippen LogP contribution is -2.30. The van der Waals surface area contributed by atoms with E-state index in [2.05, 4.69) is 0 Å². The number of benzene rings is 1. The molecule has 6 heteroatoms. The molecule has 1 amide bonds. The number of hydrogen-bond donors (Lipinski definition) is 1. The van der Waals surface area contributed by atoms with Gasteiger partial charge in [0.05, 0.1) is 0 Å². The van der Waals surface area contributed by atoms with Crippen molar-refractivity contribution >= 4 is 6.09 Å². The molecular weight excluding hydrogens is 277 g/mol. The molecule has 0 bridgehead atoms. The maximum atomic E-state index is 13.0. The van der Waals surface area contributed by atoms with Crippen LogP contribution in [0.4, 0.5) is 9.18 Å². The third-order valence-electron chi connectivity index (χ3n) is 3.01. The lowest BCUT2D eigenvalue weighted by atomic mass is 10.00. The molecule has 0 heterocycles. The van der Waals surface area contributed by atoms with Crippen LogP contribution in [0.2, 0.25) is 0 Å². The standard InChI is InChI=1S/C15H22FNO4/c1-3-4-5-13(21-15(17)18)14(20-10-19-2)11-6-8-12(16)9-7-11/h6-9,13-14H,3-5,10H2,1-2H3,(H2,17,18)/t13-,14-/m0/s1. The van der Waals surface area contributed by atoms with E-state index in [0.717, 1.165) is 12.8 Å². The van der Waals surface area contributed by atoms with Crippen LogP contribution in [0.25, 0.3) is 0 Å². The van der Waals surface area contributed by atoms with Gasteiger partial charge in [0.1, 0.15) is 24.8 Å². The van der Waals surface area contributed by atoms with Crippen molar-refractivity contribution in [2.24, 2.45) is 5.73 Å². The average molecular weight is 299 g/mol. The van der Waals surface area contributed by atoms with E-state index in [-0.39, 0.29) is 12.6 Å². The third kappa shape index (κ3) is 6.10. The highest BCUT2D eigenvalue weighted by Crippen LogP contribution is 2.27. The van der Waals surface area contributed by atoms with E-state index in [0.29, 0.717) is 12.0 Å². The maximum absolute atomic E-state index is 13.0. The van der Waals surface area contributed by atoms with Crippen LogP contribution in [0.3, 0.4) is 0 Å². The van der Waals surface area contributed by atoms with Gasteiger partial charge < -0.3 is 19.9 Å². The van der Waals surface area contributed by atoms with Crippen LogP contribution in [0.15, 0.2) is 24.3 Å². The van der Waals surface area contributed by atoms with Gasteiger partial charge in [0, 0.05) is 7.11 Å². The number of primary amides is 1. The van der Waals surface area contributed by atoms with Crippen molar-refractivity contribution < 1.29 is 23.4 Å². The fraction of sp³-hybridized carbons (Fsp3) is 0.533. The molecule has 1 rings (SSSR count). The highest BCUT2D eigenvalue weighted by atomic mass is 19.1. The first-order valence-corrected chi connectivity index (χ1v) is 6.90. The molecular formula is C15H22FNO4. The Morgan fingerprint density at radius 1 is 1.33 bits per heavy atom. The molecule has 2 atom stereocenters. The molecule has 0 aliphatic rings. The largest absolute Gasteiger partial charge is 0.443 e. The average Bonchev–Trinajstić information content (AvgIpc) is 2.46. The first-order chi connectivity index (χ1) is 10.1. The first kappa shape index (κ1) is 17.4. The number of carbonyl (C=O) groups is 1. The Bertz CT molecular complexity index is 424. The third-order valence-corrected chi connectivity index (χ3v) is 3.01. The summed E-state index contributed by atoms with van der Waals surface area (Å²) in [6.07, 6.45) is 0.452. The van der Waals surface area contributed by atoms with Gasteiger partial charge in [0.25, 0.3) is 0 Å². The van der Waals surface area contributed by atoms with Crippen molar-refractivity contribution in [2.45, 2.75) is 38.4 Å². The molecule has 0 fully saturated rings. The number of unbranched alkanes of at least 4 members (excludes halogenated alkanes) is 1. The monoisotopic (exact) mass is 299 g/mol. The van der Waals surface area contributed by atoms with Crippen LogP contribution in [0.5, 0.6) is 0 Å². The van der Waals surface area contributed by atoms with Crippen molar-refractivity contribution in [1.29, 1.82) is 0 Å². The molecule has 0 unspecified atom stereocenters. The van der Waals surface area contributed by atoms with Crippen LogP contribution in [0.1, 0.15) is 37.9 Å². The summed E-state index contributed by atoms with van der Waals surface area (Å²) >= 11 is 0. The van der Waals surface area contributed by atoms with Gasteiger partial charge in [0.15, 0.2) is 0 Å². The van der Waals surface area contributed by atoms with Crippen molar-refractivity contribution in [1.82, 2.24) is 0 Å². The number of hydrogen-bond acceptors (Lipinski definition) is 4. The van der Waals surface area contributed by atoms with Gasteiger partial charge in [-0.05, 0) is 30.5 Å². The number of amides is 1. The normalized spacial score (nSPS) is 13.7. The summed E-state index contributed by atoms with van der Waals surface area (Å²) in [6, 6.07) is 5.86. The molecule has 0 saturated carbocycles. The van der Waals surface area contributed by atoms with Crippen molar-refractivity contribution in [3.63, 3.8) is 0 Å². The number of rotatable bonds is 9. The Labute approximate surface area is 124 Å². The van der Waals surface area contributed by atoms with E-state index >= 15 is 0 Å². The lowest BCUT2D eigenvalue weighted by Gasteiger charge is -2.26. The zero-order valence-corrected chi connectivity index (χ0v) is 12.4. The molecule has 0 radical (unpaired) electrons. The minimum absolute atomic E-state index is 0.0345. The van der Waals surface area contributed by atoms with E-state index in [1.807, 2.05) is 6.92 Å². The van der Waals surface area contributed by atoms with Gasteiger partial charge >= 0.3 is 6.09 Å².